The molecule has 5 heteroatoms. The molecule has 90 valence electrons. The van der Waals surface area contributed by atoms with Crippen molar-refractivity contribution in [1.82, 2.24) is 14.5 Å². The molecule has 0 saturated heterocycles. The second-order valence-corrected chi connectivity index (χ2v) is 5.76. The Labute approximate surface area is 123 Å². The number of pyridine rings is 1. The standard InChI is InChI=1S/C13H10IN3S/c1-8-5-11-12(15-7-8)17(13(18)16-11)10-4-2-3-9(14)6-10/h2-7H,1H3,(H,16,18). The molecule has 1 aromatic carbocycles. The van der Waals surface area contributed by atoms with E-state index in [4.69, 9.17) is 12.2 Å². The highest BCUT2D eigenvalue weighted by molar-refractivity contribution is 14.1. The monoisotopic (exact) mass is 367 g/mol. The zero-order chi connectivity index (χ0) is 12.7. The van der Waals surface area contributed by atoms with Crippen LogP contribution in [0.2, 0.25) is 0 Å². The minimum atomic E-state index is 0.671. The van der Waals surface area contributed by atoms with E-state index in [1.54, 1.807) is 0 Å². The predicted octanol–water partition coefficient (Wildman–Crippen LogP) is 4.00. The first kappa shape index (κ1) is 11.9. The number of aromatic amines is 1. The number of hydrogen-bond donors (Lipinski definition) is 1. The number of aromatic nitrogens is 3. The number of H-pyrrole nitrogens is 1. The summed E-state index contributed by atoms with van der Waals surface area (Å²) in [4.78, 5) is 7.67. The molecule has 18 heavy (non-hydrogen) atoms. The van der Waals surface area contributed by atoms with Crippen LogP contribution in [0.4, 0.5) is 0 Å². The molecule has 0 radical (unpaired) electrons. The topological polar surface area (TPSA) is 33.6 Å². The smallest absolute Gasteiger partial charge is 0.183 e. The zero-order valence-electron chi connectivity index (χ0n) is 9.64. The Morgan fingerprint density at radius 1 is 1.33 bits per heavy atom. The third kappa shape index (κ3) is 1.97. The lowest BCUT2D eigenvalue weighted by molar-refractivity contribution is 1.04. The lowest BCUT2D eigenvalue weighted by Gasteiger charge is -2.04. The van der Waals surface area contributed by atoms with Crippen molar-refractivity contribution in [3.05, 3.63) is 50.4 Å². The number of nitrogens with one attached hydrogen (secondary N) is 1. The van der Waals surface area contributed by atoms with Gasteiger partial charge < -0.3 is 4.98 Å². The molecule has 0 aliphatic rings. The summed E-state index contributed by atoms with van der Waals surface area (Å²) in [7, 11) is 0. The second-order valence-electron chi connectivity index (χ2n) is 4.13. The fourth-order valence-corrected chi connectivity index (χ4v) is 2.78. The van der Waals surface area contributed by atoms with Gasteiger partial charge in [0.25, 0.3) is 0 Å². The fourth-order valence-electron chi connectivity index (χ4n) is 1.95. The van der Waals surface area contributed by atoms with Crippen molar-refractivity contribution < 1.29 is 0 Å². The molecular weight excluding hydrogens is 357 g/mol. The number of aryl methyl sites for hydroxylation is 1. The van der Waals surface area contributed by atoms with Crippen LogP contribution in [0.1, 0.15) is 5.56 Å². The molecular formula is C13H10IN3S. The van der Waals surface area contributed by atoms with Crippen LogP contribution in [0.25, 0.3) is 16.9 Å². The first-order valence-corrected chi connectivity index (χ1v) is 6.97. The average molecular weight is 367 g/mol. The number of fused-ring (bicyclic) bond motifs is 1. The third-order valence-electron chi connectivity index (χ3n) is 2.73. The van der Waals surface area contributed by atoms with Gasteiger partial charge in [0, 0.05) is 9.77 Å². The van der Waals surface area contributed by atoms with Gasteiger partial charge in [0.15, 0.2) is 10.4 Å². The number of rotatable bonds is 1. The Kier molecular flexibility index (Phi) is 2.95. The minimum Gasteiger partial charge on any atom is -0.329 e. The Balaban J connectivity index is 2.35. The van der Waals surface area contributed by atoms with Gasteiger partial charge in [-0.05, 0) is 71.6 Å². The zero-order valence-corrected chi connectivity index (χ0v) is 12.6. The summed E-state index contributed by atoms with van der Waals surface area (Å²) < 4.78 is 3.81. The summed E-state index contributed by atoms with van der Waals surface area (Å²) in [6.45, 7) is 2.02. The van der Waals surface area contributed by atoms with Gasteiger partial charge in [-0.15, -0.1) is 0 Å². The molecule has 3 aromatic rings. The van der Waals surface area contributed by atoms with Crippen LogP contribution in [0.15, 0.2) is 36.5 Å². The van der Waals surface area contributed by atoms with E-state index in [2.05, 4.69) is 50.8 Å². The van der Waals surface area contributed by atoms with Gasteiger partial charge in [0.05, 0.1) is 11.2 Å². The molecule has 0 unspecified atom stereocenters. The van der Waals surface area contributed by atoms with E-state index in [-0.39, 0.29) is 0 Å². The first-order valence-electron chi connectivity index (χ1n) is 5.48. The highest BCUT2D eigenvalue weighted by Crippen LogP contribution is 2.19. The molecule has 0 aliphatic carbocycles. The summed E-state index contributed by atoms with van der Waals surface area (Å²) >= 11 is 7.68. The van der Waals surface area contributed by atoms with Gasteiger partial charge in [-0.2, -0.15) is 0 Å². The van der Waals surface area contributed by atoms with Crippen molar-refractivity contribution >= 4 is 46.0 Å². The van der Waals surface area contributed by atoms with Crippen molar-refractivity contribution in [2.45, 2.75) is 6.92 Å². The van der Waals surface area contributed by atoms with Crippen LogP contribution < -0.4 is 0 Å². The molecule has 0 atom stereocenters. The molecule has 0 saturated carbocycles. The van der Waals surface area contributed by atoms with Crippen LogP contribution in [-0.4, -0.2) is 14.5 Å². The number of halogens is 1. The summed E-state index contributed by atoms with van der Waals surface area (Å²) in [5.74, 6) is 0. The van der Waals surface area contributed by atoms with Gasteiger partial charge in [0.2, 0.25) is 0 Å². The highest BCUT2D eigenvalue weighted by atomic mass is 127. The molecule has 0 bridgehead atoms. The quantitative estimate of drug-likeness (QED) is 0.521. The van der Waals surface area contributed by atoms with Crippen LogP contribution >= 0.6 is 34.8 Å². The van der Waals surface area contributed by atoms with Gasteiger partial charge in [-0.25, -0.2) is 4.98 Å². The lowest BCUT2D eigenvalue weighted by Crippen LogP contribution is -1.95. The molecule has 2 aromatic heterocycles. The van der Waals surface area contributed by atoms with Crippen molar-refractivity contribution in [2.24, 2.45) is 0 Å². The fraction of sp³-hybridized carbons (Fsp3) is 0.0769. The van der Waals surface area contributed by atoms with E-state index in [0.717, 1.165) is 22.4 Å². The van der Waals surface area contributed by atoms with Crippen molar-refractivity contribution in [3.63, 3.8) is 0 Å². The maximum absolute atomic E-state index is 5.39. The maximum atomic E-state index is 5.39. The van der Waals surface area contributed by atoms with Crippen LogP contribution in [0.3, 0.4) is 0 Å². The summed E-state index contributed by atoms with van der Waals surface area (Å²) in [6, 6.07) is 10.3. The molecule has 3 rings (SSSR count). The number of nitrogens with zero attached hydrogens (tertiary/aromatic N) is 2. The second kappa shape index (κ2) is 4.47. The Morgan fingerprint density at radius 2 is 2.17 bits per heavy atom. The van der Waals surface area contributed by atoms with Crippen LogP contribution in [-0.2, 0) is 0 Å². The molecule has 0 amide bonds. The Bertz CT molecular complexity index is 788. The Morgan fingerprint density at radius 3 is 2.94 bits per heavy atom. The van der Waals surface area contributed by atoms with Gasteiger partial charge in [-0.3, -0.25) is 4.57 Å². The SMILES string of the molecule is Cc1cnc2c(c1)[nH]c(=S)n2-c1cccc(I)c1. The number of imidazole rings is 1. The van der Waals surface area contributed by atoms with Crippen molar-refractivity contribution in [1.29, 1.82) is 0 Å². The van der Waals surface area contributed by atoms with Gasteiger partial charge >= 0.3 is 0 Å². The minimum absolute atomic E-state index is 0.671. The molecule has 3 nitrogen and oxygen atoms in total. The predicted molar refractivity (Wildman–Crippen MR) is 83.7 cm³/mol. The highest BCUT2D eigenvalue weighted by Gasteiger charge is 2.07. The molecule has 0 fully saturated rings. The van der Waals surface area contributed by atoms with E-state index in [9.17, 15) is 0 Å². The van der Waals surface area contributed by atoms with Gasteiger partial charge in [0.1, 0.15) is 0 Å². The van der Waals surface area contributed by atoms with E-state index < -0.39 is 0 Å². The molecule has 1 N–H and O–H groups in total. The van der Waals surface area contributed by atoms with Crippen LogP contribution in [0, 0.1) is 15.3 Å². The molecule has 0 spiro atoms. The van der Waals surface area contributed by atoms with Gasteiger partial charge in [-0.1, -0.05) is 6.07 Å². The number of hydrogen-bond acceptors (Lipinski definition) is 2. The number of benzene rings is 1. The lowest BCUT2D eigenvalue weighted by atomic mass is 10.3. The van der Waals surface area contributed by atoms with Crippen LogP contribution in [0.5, 0.6) is 0 Å². The molecule has 0 aliphatic heterocycles. The van der Waals surface area contributed by atoms with E-state index in [1.807, 2.05) is 29.8 Å². The third-order valence-corrected chi connectivity index (χ3v) is 3.68. The van der Waals surface area contributed by atoms with E-state index in [1.165, 1.54) is 3.57 Å². The van der Waals surface area contributed by atoms with E-state index >= 15 is 0 Å². The van der Waals surface area contributed by atoms with Crippen molar-refractivity contribution in [3.8, 4) is 5.69 Å². The Hall–Kier alpha value is -1.21. The van der Waals surface area contributed by atoms with E-state index in [0.29, 0.717) is 4.77 Å². The first-order chi connectivity index (χ1) is 8.65. The normalized spacial score (nSPS) is 11.0. The largest absolute Gasteiger partial charge is 0.329 e. The summed E-state index contributed by atoms with van der Waals surface area (Å²) in [5.41, 5.74) is 3.99. The molecule has 2 heterocycles. The van der Waals surface area contributed by atoms with Crippen molar-refractivity contribution in [2.75, 3.05) is 0 Å². The summed E-state index contributed by atoms with van der Waals surface area (Å²) in [6.07, 6.45) is 1.86. The maximum Gasteiger partial charge on any atom is 0.183 e. The summed E-state index contributed by atoms with van der Waals surface area (Å²) in [5, 5.41) is 0. The average Bonchev–Trinajstić information content (AvgIpc) is 2.64.